The second-order valence-corrected chi connectivity index (χ2v) is 4.58. The Bertz CT molecular complexity index is 430. The Morgan fingerprint density at radius 3 is 2.69 bits per heavy atom. The first-order valence-corrected chi connectivity index (χ1v) is 6.12. The van der Waals surface area contributed by atoms with Gasteiger partial charge < -0.3 is 4.74 Å². The van der Waals surface area contributed by atoms with Gasteiger partial charge in [0, 0.05) is 14.5 Å². The highest BCUT2D eigenvalue weighted by molar-refractivity contribution is 9.13. The van der Waals surface area contributed by atoms with Crippen LogP contribution in [0.3, 0.4) is 0 Å². The first-order valence-electron chi connectivity index (χ1n) is 4.54. The smallest absolute Gasteiger partial charge is 0.333 e. The van der Waals surface area contributed by atoms with E-state index < -0.39 is 11.8 Å². The monoisotopic (exact) mass is 350 g/mol. The Hall–Kier alpha value is -0.680. The van der Waals surface area contributed by atoms with Crippen molar-refractivity contribution in [1.29, 1.82) is 0 Å². The summed E-state index contributed by atoms with van der Waals surface area (Å²) in [6.07, 6.45) is 0.833. The third-order valence-electron chi connectivity index (χ3n) is 1.73. The molecule has 2 nitrogen and oxygen atoms in total. The Balaban J connectivity index is 2.91. The van der Waals surface area contributed by atoms with Gasteiger partial charge in [-0.15, -0.1) is 0 Å². The molecule has 0 spiro atoms. The second-order valence-electron chi connectivity index (χ2n) is 2.87. The van der Waals surface area contributed by atoms with Crippen molar-refractivity contribution in [2.45, 2.75) is 6.92 Å². The van der Waals surface area contributed by atoms with Gasteiger partial charge in [0.25, 0.3) is 0 Å². The molecule has 0 saturated carbocycles. The number of ether oxygens (including phenoxy) is 1. The number of carbonyl (C=O) groups is 1. The fraction of sp³-hybridized carbons (Fsp3) is 0.182. The Morgan fingerprint density at radius 2 is 2.12 bits per heavy atom. The predicted octanol–water partition coefficient (Wildman–Crippen LogP) is 4.09. The summed E-state index contributed by atoms with van der Waals surface area (Å²) >= 11 is 6.53. The van der Waals surface area contributed by atoms with Crippen molar-refractivity contribution >= 4 is 43.7 Å². The van der Waals surface area contributed by atoms with Gasteiger partial charge in [0.2, 0.25) is 0 Å². The minimum atomic E-state index is -0.681. The molecular formula is C11H9Br2FO2. The maximum atomic E-state index is 13.5. The molecule has 5 heteroatoms. The van der Waals surface area contributed by atoms with Crippen LogP contribution < -0.4 is 0 Å². The van der Waals surface area contributed by atoms with Crippen molar-refractivity contribution in [2.24, 2.45) is 0 Å². The molecule has 0 heterocycles. The predicted molar refractivity (Wildman–Crippen MR) is 67.6 cm³/mol. The van der Waals surface area contributed by atoms with Gasteiger partial charge in [0.1, 0.15) is 5.83 Å². The van der Waals surface area contributed by atoms with Crippen molar-refractivity contribution in [3.8, 4) is 0 Å². The van der Waals surface area contributed by atoms with Crippen LogP contribution in [-0.4, -0.2) is 12.6 Å². The molecule has 1 aromatic carbocycles. The minimum Gasteiger partial charge on any atom is -0.463 e. The van der Waals surface area contributed by atoms with Crippen LogP contribution in [0.2, 0.25) is 0 Å². The molecule has 0 bridgehead atoms. The van der Waals surface area contributed by atoms with E-state index in [1.165, 1.54) is 0 Å². The van der Waals surface area contributed by atoms with Crippen molar-refractivity contribution in [1.82, 2.24) is 0 Å². The summed E-state index contributed by atoms with van der Waals surface area (Å²) in [5.41, 5.74) is 0.322. The van der Waals surface area contributed by atoms with Crippen LogP contribution in [0.5, 0.6) is 0 Å². The van der Waals surface area contributed by atoms with E-state index in [9.17, 15) is 9.18 Å². The van der Waals surface area contributed by atoms with E-state index in [4.69, 9.17) is 0 Å². The van der Waals surface area contributed by atoms with Crippen LogP contribution in [0, 0.1) is 0 Å². The minimum absolute atomic E-state index is 0.229. The molecule has 0 unspecified atom stereocenters. The second kappa shape index (κ2) is 6.15. The number of hydrogen-bond donors (Lipinski definition) is 0. The van der Waals surface area contributed by atoms with E-state index >= 15 is 0 Å². The maximum Gasteiger partial charge on any atom is 0.333 e. The molecule has 0 saturated heterocycles. The lowest BCUT2D eigenvalue weighted by Crippen LogP contribution is -1.99. The average Bonchev–Trinajstić information content (AvgIpc) is 2.22. The van der Waals surface area contributed by atoms with Crippen molar-refractivity contribution in [2.75, 3.05) is 6.61 Å². The highest BCUT2D eigenvalue weighted by Crippen LogP contribution is 2.27. The molecule has 0 aliphatic rings. The fourth-order valence-corrected chi connectivity index (χ4v) is 1.64. The Kier molecular flexibility index (Phi) is 5.15. The SMILES string of the molecule is CCOC(=O)C=C(F)c1ccc(Br)c(Br)c1. The largest absolute Gasteiger partial charge is 0.463 e. The van der Waals surface area contributed by atoms with Gasteiger partial charge in [0.05, 0.1) is 12.7 Å². The third kappa shape index (κ3) is 3.72. The number of carbonyl (C=O) groups excluding carboxylic acids is 1. The Labute approximate surface area is 110 Å². The number of benzene rings is 1. The first kappa shape index (κ1) is 13.4. The van der Waals surface area contributed by atoms with E-state index in [2.05, 4.69) is 36.6 Å². The van der Waals surface area contributed by atoms with E-state index in [1.54, 1.807) is 25.1 Å². The van der Waals surface area contributed by atoms with Crippen LogP contribution in [0.1, 0.15) is 12.5 Å². The topological polar surface area (TPSA) is 26.3 Å². The molecule has 0 fully saturated rings. The highest BCUT2D eigenvalue weighted by atomic mass is 79.9. The number of halogens is 3. The van der Waals surface area contributed by atoms with Gasteiger partial charge in [-0.1, -0.05) is 6.07 Å². The lowest BCUT2D eigenvalue weighted by Gasteiger charge is -2.01. The molecule has 0 aliphatic carbocycles. The first-order chi connectivity index (χ1) is 7.54. The van der Waals surface area contributed by atoms with E-state index in [0.717, 1.165) is 15.0 Å². The standard InChI is InChI=1S/C11H9Br2FO2/c1-2-16-11(15)6-10(14)7-3-4-8(12)9(13)5-7/h3-6H,2H2,1H3. The van der Waals surface area contributed by atoms with Crippen LogP contribution in [0.25, 0.3) is 5.83 Å². The van der Waals surface area contributed by atoms with Crippen LogP contribution >= 0.6 is 31.9 Å². The van der Waals surface area contributed by atoms with Gasteiger partial charge in [-0.25, -0.2) is 9.18 Å². The fourth-order valence-electron chi connectivity index (χ4n) is 1.02. The maximum absolute atomic E-state index is 13.5. The molecule has 0 atom stereocenters. The molecule has 1 rings (SSSR count). The average molecular weight is 352 g/mol. The Morgan fingerprint density at radius 1 is 1.44 bits per heavy atom. The van der Waals surface area contributed by atoms with E-state index in [0.29, 0.717) is 5.56 Å². The third-order valence-corrected chi connectivity index (χ3v) is 3.61. The molecule has 1 aromatic rings. The summed E-state index contributed by atoms with van der Waals surface area (Å²) in [5.74, 6) is -1.30. The zero-order valence-electron chi connectivity index (χ0n) is 8.47. The molecule has 0 radical (unpaired) electrons. The number of esters is 1. The summed E-state index contributed by atoms with van der Waals surface area (Å²) in [5, 5.41) is 0. The zero-order chi connectivity index (χ0) is 12.1. The van der Waals surface area contributed by atoms with Gasteiger partial charge >= 0.3 is 5.97 Å². The molecule has 0 amide bonds. The van der Waals surface area contributed by atoms with Gasteiger partial charge in [0.15, 0.2) is 0 Å². The summed E-state index contributed by atoms with van der Waals surface area (Å²) in [7, 11) is 0. The molecule has 0 aliphatic heterocycles. The van der Waals surface area contributed by atoms with Gasteiger partial charge in [-0.2, -0.15) is 0 Å². The molecule has 16 heavy (non-hydrogen) atoms. The zero-order valence-corrected chi connectivity index (χ0v) is 11.6. The van der Waals surface area contributed by atoms with E-state index in [-0.39, 0.29) is 6.61 Å². The van der Waals surface area contributed by atoms with Crippen LogP contribution in [-0.2, 0) is 9.53 Å². The van der Waals surface area contributed by atoms with Crippen molar-refractivity contribution in [3.63, 3.8) is 0 Å². The lowest BCUT2D eigenvalue weighted by atomic mass is 10.2. The van der Waals surface area contributed by atoms with Crippen LogP contribution in [0.4, 0.5) is 4.39 Å². The number of rotatable bonds is 3. The molecule has 86 valence electrons. The van der Waals surface area contributed by atoms with Crippen molar-refractivity contribution in [3.05, 3.63) is 38.8 Å². The number of hydrogen-bond acceptors (Lipinski definition) is 2. The summed E-state index contributed by atoms with van der Waals surface area (Å²) in [6, 6.07) is 4.84. The summed E-state index contributed by atoms with van der Waals surface area (Å²) < 4.78 is 19.7. The molecular weight excluding hydrogens is 343 g/mol. The molecule has 0 aromatic heterocycles. The van der Waals surface area contributed by atoms with Crippen LogP contribution in [0.15, 0.2) is 33.2 Å². The lowest BCUT2D eigenvalue weighted by molar-refractivity contribution is -0.137. The van der Waals surface area contributed by atoms with E-state index in [1.807, 2.05) is 0 Å². The molecule has 0 N–H and O–H groups in total. The van der Waals surface area contributed by atoms with Crippen molar-refractivity contribution < 1.29 is 13.9 Å². The highest BCUT2D eigenvalue weighted by Gasteiger charge is 2.06. The normalized spacial score (nSPS) is 11.4. The quantitative estimate of drug-likeness (QED) is 0.605. The van der Waals surface area contributed by atoms with Gasteiger partial charge in [-0.05, 0) is 50.9 Å². The summed E-state index contributed by atoms with van der Waals surface area (Å²) in [4.78, 5) is 11.0. The summed E-state index contributed by atoms with van der Waals surface area (Å²) in [6.45, 7) is 1.90. The van der Waals surface area contributed by atoms with Gasteiger partial charge in [-0.3, -0.25) is 0 Å².